The van der Waals surface area contributed by atoms with Crippen molar-refractivity contribution in [2.75, 3.05) is 19.0 Å². The van der Waals surface area contributed by atoms with E-state index in [1.807, 2.05) is 6.92 Å². The summed E-state index contributed by atoms with van der Waals surface area (Å²) < 4.78 is 39.8. The minimum Gasteiger partial charge on any atom is -0.494 e. The van der Waals surface area contributed by atoms with Crippen LogP contribution in [0.25, 0.3) is 10.9 Å². The van der Waals surface area contributed by atoms with Gasteiger partial charge in [0.05, 0.1) is 24.1 Å². The van der Waals surface area contributed by atoms with Gasteiger partial charge in [-0.25, -0.2) is 4.79 Å². The molecule has 31 heavy (non-hydrogen) atoms. The number of fused-ring (bicyclic) bond motifs is 1. The molecule has 0 saturated heterocycles. The third kappa shape index (κ3) is 6.46. The molecule has 166 valence electrons. The number of nitrogens with one attached hydrogen (secondary N) is 3. The quantitative estimate of drug-likeness (QED) is 0.172. The van der Waals surface area contributed by atoms with E-state index in [2.05, 4.69) is 10.3 Å². The Morgan fingerprint density at radius 3 is 2.39 bits per heavy atom. The van der Waals surface area contributed by atoms with E-state index in [1.165, 1.54) is 19.2 Å². The molecule has 0 saturated carbocycles. The summed E-state index contributed by atoms with van der Waals surface area (Å²) in [6.45, 7) is 3.90. The number of nitrogens with two attached hydrogens (primary N) is 1. The van der Waals surface area contributed by atoms with Gasteiger partial charge < -0.3 is 25.5 Å². The van der Waals surface area contributed by atoms with E-state index in [0.717, 1.165) is 10.9 Å². The van der Waals surface area contributed by atoms with E-state index < -0.39 is 16.1 Å². The minimum atomic E-state index is -4.02. The van der Waals surface area contributed by atoms with Gasteiger partial charge in [-0.3, -0.25) is 9.96 Å². The Balaban J connectivity index is 0.000000262. The number of H-pyrrole nitrogens is 1. The van der Waals surface area contributed by atoms with Crippen LogP contribution in [0.3, 0.4) is 0 Å². The molecule has 3 rings (SSSR count). The Morgan fingerprint density at radius 1 is 1.23 bits per heavy atom. The van der Waals surface area contributed by atoms with Crippen LogP contribution in [0.4, 0.5) is 5.69 Å². The lowest BCUT2D eigenvalue weighted by Crippen LogP contribution is -2.20. The SMILES string of the molecule is CCOC(=O)c1cc2cc(NC(=N)N)cc(OC)c2[nH]1.Cc1ccc(S(=O)(=O)O)cc1. The highest BCUT2D eigenvalue weighted by Gasteiger charge is 2.14. The van der Waals surface area contributed by atoms with Crippen LogP contribution in [0.15, 0.2) is 47.4 Å². The Labute approximate surface area is 179 Å². The molecule has 1 aromatic heterocycles. The molecule has 0 unspecified atom stereocenters. The molecule has 0 radical (unpaired) electrons. The van der Waals surface area contributed by atoms with E-state index in [-0.39, 0.29) is 10.9 Å². The van der Waals surface area contributed by atoms with E-state index in [1.54, 1.807) is 37.3 Å². The van der Waals surface area contributed by atoms with Gasteiger partial charge >= 0.3 is 5.97 Å². The number of anilines is 1. The fraction of sp³-hybridized carbons (Fsp3) is 0.200. The number of rotatable bonds is 5. The summed E-state index contributed by atoms with van der Waals surface area (Å²) in [4.78, 5) is 14.6. The monoisotopic (exact) mass is 448 g/mol. The first-order valence-electron chi connectivity index (χ1n) is 9.08. The predicted octanol–water partition coefficient (Wildman–Crippen LogP) is 2.90. The predicted molar refractivity (Wildman–Crippen MR) is 117 cm³/mol. The Morgan fingerprint density at radius 2 is 1.87 bits per heavy atom. The second-order valence-electron chi connectivity index (χ2n) is 6.37. The van der Waals surface area contributed by atoms with Gasteiger partial charge in [-0.15, -0.1) is 0 Å². The highest BCUT2D eigenvalue weighted by molar-refractivity contribution is 7.85. The average molecular weight is 449 g/mol. The smallest absolute Gasteiger partial charge is 0.354 e. The average Bonchev–Trinajstić information content (AvgIpc) is 3.11. The van der Waals surface area contributed by atoms with Gasteiger partial charge in [-0.05, 0) is 38.1 Å². The molecule has 0 aliphatic heterocycles. The van der Waals surface area contributed by atoms with Crippen molar-refractivity contribution >= 4 is 38.6 Å². The maximum absolute atomic E-state index is 11.7. The lowest BCUT2D eigenvalue weighted by molar-refractivity contribution is 0.0520. The summed E-state index contributed by atoms with van der Waals surface area (Å²) >= 11 is 0. The van der Waals surface area contributed by atoms with Crippen LogP contribution < -0.4 is 15.8 Å². The van der Waals surface area contributed by atoms with Crippen LogP contribution in [0, 0.1) is 12.3 Å². The number of benzene rings is 2. The number of aromatic amines is 1. The van der Waals surface area contributed by atoms with Crippen molar-refractivity contribution in [3.8, 4) is 5.75 Å². The molecule has 0 atom stereocenters. The lowest BCUT2D eigenvalue weighted by Gasteiger charge is -2.07. The first kappa shape index (κ1) is 23.7. The summed E-state index contributed by atoms with van der Waals surface area (Å²) in [5, 5.41) is 10.7. The molecule has 11 heteroatoms. The maximum Gasteiger partial charge on any atom is 0.354 e. The van der Waals surface area contributed by atoms with Crippen LogP contribution >= 0.6 is 0 Å². The van der Waals surface area contributed by atoms with E-state index in [0.29, 0.717) is 29.3 Å². The van der Waals surface area contributed by atoms with E-state index in [4.69, 9.17) is 25.2 Å². The zero-order valence-electron chi connectivity index (χ0n) is 17.2. The molecular weight excluding hydrogens is 424 g/mol. The van der Waals surface area contributed by atoms with Crippen LogP contribution in [0.1, 0.15) is 23.0 Å². The first-order valence-corrected chi connectivity index (χ1v) is 10.5. The first-order chi connectivity index (χ1) is 14.5. The Hall–Kier alpha value is -3.57. The molecule has 1 heterocycles. The second-order valence-corrected chi connectivity index (χ2v) is 7.79. The van der Waals surface area contributed by atoms with Crippen molar-refractivity contribution in [2.45, 2.75) is 18.7 Å². The number of carbonyl (C=O) groups is 1. The van der Waals surface area contributed by atoms with Crippen molar-refractivity contribution in [3.05, 3.63) is 53.7 Å². The standard InChI is InChI=1S/C13H16N4O3.C7H8O3S/c1-3-20-12(18)9-5-7-4-8(16-13(14)15)6-10(19-2)11(7)17-9;1-6-2-4-7(5-3-6)11(8,9)10/h4-6,17H,3H2,1-2H3,(H4,14,15,16);2-5H,1H3,(H,8,9,10). The van der Waals surface area contributed by atoms with Gasteiger partial charge in [-0.2, -0.15) is 8.42 Å². The normalized spacial score (nSPS) is 10.7. The molecule has 6 N–H and O–H groups in total. The molecule has 2 aromatic carbocycles. The van der Waals surface area contributed by atoms with Crippen molar-refractivity contribution in [2.24, 2.45) is 5.73 Å². The highest BCUT2D eigenvalue weighted by Crippen LogP contribution is 2.30. The van der Waals surface area contributed by atoms with Gasteiger partial charge in [0.15, 0.2) is 5.96 Å². The van der Waals surface area contributed by atoms with Crippen molar-refractivity contribution in [3.63, 3.8) is 0 Å². The second kappa shape index (κ2) is 9.96. The molecule has 0 aliphatic carbocycles. The van der Waals surface area contributed by atoms with Gasteiger partial charge in [0.25, 0.3) is 10.1 Å². The summed E-state index contributed by atoms with van der Waals surface area (Å²) in [5.74, 6) is -0.0545. The molecule has 0 fully saturated rings. The maximum atomic E-state index is 11.7. The number of hydrogen-bond acceptors (Lipinski definition) is 6. The Bertz CT molecular complexity index is 1190. The van der Waals surface area contributed by atoms with Gasteiger partial charge in [0, 0.05) is 17.1 Å². The number of ether oxygens (including phenoxy) is 2. The largest absolute Gasteiger partial charge is 0.494 e. The van der Waals surface area contributed by atoms with Crippen LogP contribution in [0.2, 0.25) is 0 Å². The number of aryl methyl sites for hydroxylation is 1. The number of hydrogen-bond donors (Lipinski definition) is 5. The number of methoxy groups -OCH3 is 1. The summed E-state index contributed by atoms with van der Waals surface area (Å²) in [5.41, 5.74) is 7.90. The fourth-order valence-electron chi connectivity index (χ4n) is 2.63. The van der Waals surface area contributed by atoms with E-state index in [9.17, 15) is 13.2 Å². The fourth-order valence-corrected chi connectivity index (χ4v) is 3.11. The van der Waals surface area contributed by atoms with Crippen molar-refractivity contribution in [1.29, 1.82) is 5.41 Å². The lowest BCUT2D eigenvalue weighted by atomic mass is 10.2. The molecular formula is C20H24N4O6S. The third-order valence-electron chi connectivity index (χ3n) is 4.01. The highest BCUT2D eigenvalue weighted by atomic mass is 32.2. The topological polar surface area (TPSA) is 168 Å². The summed E-state index contributed by atoms with van der Waals surface area (Å²) in [6, 6.07) is 11.1. The van der Waals surface area contributed by atoms with E-state index >= 15 is 0 Å². The molecule has 3 aromatic rings. The number of esters is 1. The minimum absolute atomic E-state index is 0.0666. The molecule has 0 aliphatic rings. The molecule has 10 nitrogen and oxygen atoms in total. The Kier molecular flexibility index (Phi) is 7.61. The van der Waals surface area contributed by atoms with Crippen molar-refractivity contribution in [1.82, 2.24) is 4.98 Å². The van der Waals surface area contributed by atoms with Crippen LogP contribution in [0.5, 0.6) is 5.75 Å². The van der Waals surface area contributed by atoms with Crippen LogP contribution in [-0.4, -0.2) is 43.6 Å². The number of aromatic nitrogens is 1. The number of carbonyl (C=O) groups excluding carboxylic acids is 1. The summed E-state index contributed by atoms with van der Waals surface area (Å²) in [6.07, 6.45) is 0. The van der Waals surface area contributed by atoms with Gasteiger partial charge in [0.2, 0.25) is 0 Å². The van der Waals surface area contributed by atoms with Gasteiger partial charge in [0.1, 0.15) is 11.4 Å². The zero-order chi connectivity index (χ0) is 23.2. The molecule has 0 amide bonds. The third-order valence-corrected chi connectivity index (χ3v) is 4.87. The van der Waals surface area contributed by atoms with Gasteiger partial charge in [-0.1, -0.05) is 17.7 Å². The van der Waals surface area contributed by atoms with Crippen LogP contribution in [-0.2, 0) is 14.9 Å². The molecule has 0 bridgehead atoms. The molecule has 0 spiro atoms. The number of guanidine groups is 1. The summed E-state index contributed by atoms with van der Waals surface area (Å²) in [7, 11) is -2.49. The zero-order valence-corrected chi connectivity index (χ0v) is 18.0. The van der Waals surface area contributed by atoms with Crippen molar-refractivity contribution < 1.29 is 27.2 Å².